The van der Waals surface area contributed by atoms with Gasteiger partial charge in [0.1, 0.15) is 0 Å². The highest BCUT2D eigenvalue weighted by atomic mass is 15.2. The molecule has 0 atom stereocenters. The minimum Gasteiger partial charge on any atom is -0.309 e. The summed E-state index contributed by atoms with van der Waals surface area (Å²) >= 11 is 0. The molecular formula is C90H58N10. The highest BCUT2D eigenvalue weighted by Gasteiger charge is 2.24. The molecule has 0 radical (unpaired) electrons. The molecule has 0 unspecified atom stereocenters. The molecule has 0 bridgehead atoms. The first-order chi connectivity index (χ1) is 49.6. The maximum absolute atomic E-state index is 5.18. The van der Waals surface area contributed by atoms with Crippen LogP contribution in [0.1, 0.15) is 0 Å². The van der Waals surface area contributed by atoms with Crippen LogP contribution in [-0.4, -0.2) is 48.2 Å². The fourth-order valence-electron chi connectivity index (χ4n) is 14.8. The zero-order chi connectivity index (χ0) is 66.0. The first kappa shape index (κ1) is 57.7. The molecule has 0 fully saturated rings. The minimum absolute atomic E-state index is 0.610. The molecule has 0 amide bonds. The van der Waals surface area contributed by atoms with Gasteiger partial charge in [-0.25, -0.2) is 19.9 Å². The number of benzene rings is 12. The van der Waals surface area contributed by atoms with E-state index in [1.807, 2.05) is 104 Å². The predicted octanol–water partition coefficient (Wildman–Crippen LogP) is 22.1. The van der Waals surface area contributed by atoms with Crippen molar-refractivity contribution in [2.24, 2.45) is 0 Å². The van der Waals surface area contributed by atoms with Crippen LogP contribution in [-0.2, 0) is 0 Å². The zero-order valence-corrected chi connectivity index (χ0v) is 54.0. The lowest BCUT2D eigenvalue weighted by Crippen LogP contribution is -2.04. The quantitative estimate of drug-likeness (QED) is 0.135. The molecule has 0 N–H and O–H groups in total. The van der Waals surface area contributed by atoms with E-state index < -0.39 is 0 Å². The predicted molar refractivity (Wildman–Crippen MR) is 410 cm³/mol. The van der Waals surface area contributed by atoms with Gasteiger partial charge in [0, 0.05) is 78.3 Å². The molecule has 10 heteroatoms. The molecule has 468 valence electrons. The van der Waals surface area contributed by atoms with Gasteiger partial charge in [0.2, 0.25) is 5.95 Å². The van der Waals surface area contributed by atoms with Crippen LogP contribution in [0, 0.1) is 0 Å². The SMILES string of the molecule is c1ccc(-c2cc(-c3ccccc3)nc(-n3c4ccc(-c5cccc6c5c5ccccc5n6-c5ccccc5)cc4c4ncccc43)n2)cc1.c1ccc(-c2ncc(-n3c4ccc(-c5cccc6c5c5ccccc5n6-c5ccccc5)cc4c4ncccc43)c(-c3ccccc3)n2)cc1. The van der Waals surface area contributed by atoms with E-state index in [1.54, 1.807) is 0 Å². The molecule has 20 rings (SSSR count). The highest BCUT2D eigenvalue weighted by molar-refractivity contribution is 6.19. The Hall–Kier alpha value is -13.7. The molecule has 0 saturated heterocycles. The zero-order valence-electron chi connectivity index (χ0n) is 54.0. The molecule has 0 aliphatic rings. The van der Waals surface area contributed by atoms with Crippen molar-refractivity contribution in [3.05, 3.63) is 352 Å². The topological polar surface area (TPSA) is 97.1 Å². The molecule has 8 heterocycles. The van der Waals surface area contributed by atoms with Crippen LogP contribution in [0.25, 0.3) is 178 Å². The van der Waals surface area contributed by atoms with E-state index >= 15 is 0 Å². The van der Waals surface area contributed by atoms with E-state index in [2.05, 4.69) is 267 Å². The lowest BCUT2D eigenvalue weighted by atomic mass is 9.98. The second kappa shape index (κ2) is 24.2. The number of nitrogens with zero attached hydrogens (tertiary/aromatic N) is 10. The Morgan fingerprint density at radius 3 is 1.14 bits per heavy atom. The molecule has 0 aliphatic carbocycles. The lowest BCUT2D eigenvalue weighted by molar-refractivity contribution is 0.994. The van der Waals surface area contributed by atoms with Gasteiger partial charge in [-0.15, -0.1) is 0 Å². The number of aromatic nitrogens is 10. The van der Waals surface area contributed by atoms with Crippen molar-refractivity contribution in [2.75, 3.05) is 0 Å². The second-order valence-corrected chi connectivity index (χ2v) is 25.0. The highest BCUT2D eigenvalue weighted by Crippen LogP contribution is 2.44. The Kier molecular flexibility index (Phi) is 14.0. The third kappa shape index (κ3) is 9.72. The van der Waals surface area contributed by atoms with E-state index in [1.165, 1.54) is 54.7 Å². The Morgan fingerprint density at radius 1 is 0.240 bits per heavy atom. The minimum atomic E-state index is 0.610. The summed E-state index contributed by atoms with van der Waals surface area (Å²) in [6.45, 7) is 0. The molecule has 8 aromatic heterocycles. The summed E-state index contributed by atoms with van der Waals surface area (Å²) in [4.78, 5) is 30.3. The van der Waals surface area contributed by atoms with Gasteiger partial charge in [-0.2, -0.15) is 0 Å². The fraction of sp³-hybridized carbons (Fsp3) is 0. The summed E-state index contributed by atoms with van der Waals surface area (Å²) in [5.74, 6) is 1.30. The second-order valence-electron chi connectivity index (χ2n) is 25.0. The number of hydrogen-bond acceptors (Lipinski definition) is 6. The third-order valence-corrected chi connectivity index (χ3v) is 19.2. The van der Waals surface area contributed by atoms with Crippen LogP contribution in [0.3, 0.4) is 0 Å². The number of para-hydroxylation sites is 4. The molecule has 12 aromatic carbocycles. The monoisotopic (exact) mass is 1280 g/mol. The smallest absolute Gasteiger partial charge is 0.235 e. The van der Waals surface area contributed by atoms with Crippen LogP contribution in [0.4, 0.5) is 0 Å². The largest absolute Gasteiger partial charge is 0.309 e. The van der Waals surface area contributed by atoms with Gasteiger partial charge in [-0.3, -0.25) is 14.5 Å². The van der Waals surface area contributed by atoms with Crippen molar-refractivity contribution in [1.29, 1.82) is 0 Å². The average Bonchev–Trinajstić information content (AvgIpc) is 1.58. The Labute approximate surface area is 575 Å². The van der Waals surface area contributed by atoms with Crippen molar-refractivity contribution in [3.63, 3.8) is 0 Å². The summed E-state index contributed by atoms with van der Waals surface area (Å²) in [5.41, 5.74) is 25.1. The lowest BCUT2D eigenvalue weighted by Gasteiger charge is -2.14. The van der Waals surface area contributed by atoms with Gasteiger partial charge in [0.25, 0.3) is 0 Å². The van der Waals surface area contributed by atoms with E-state index in [-0.39, 0.29) is 0 Å². The Morgan fingerprint density at radius 2 is 0.640 bits per heavy atom. The van der Waals surface area contributed by atoms with Crippen LogP contribution < -0.4 is 0 Å². The fourth-order valence-corrected chi connectivity index (χ4v) is 14.8. The van der Waals surface area contributed by atoms with Gasteiger partial charge >= 0.3 is 0 Å². The normalized spacial score (nSPS) is 11.6. The van der Waals surface area contributed by atoms with Gasteiger partial charge in [0.05, 0.1) is 84.1 Å². The first-order valence-electron chi connectivity index (χ1n) is 33.6. The number of hydrogen-bond donors (Lipinski definition) is 0. The summed E-state index contributed by atoms with van der Waals surface area (Å²) < 4.78 is 9.15. The number of pyridine rings is 2. The third-order valence-electron chi connectivity index (χ3n) is 19.2. The van der Waals surface area contributed by atoms with Gasteiger partial charge in [-0.1, -0.05) is 231 Å². The summed E-state index contributed by atoms with van der Waals surface area (Å²) in [6, 6.07) is 117. The Bertz CT molecular complexity index is 6440. The first-order valence-corrected chi connectivity index (χ1v) is 33.6. The van der Waals surface area contributed by atoms with Crippen molar-refractivity contribution < 1.29 is 0 Å². The van der Waals surface area contributed by atoms with Gasteiger partial charge in [0.15, 0.2) is 5.82 Å². The summed E-state index contributed by atoms with van der Waals surface area (Å²) in [6.07, 6.45) is 5.69. The van der Waals surface area contributed by atoms with E-state index in [9.17, 15) is 0 Å². The summed E-state index contributed by atoms with van der Waals surface area (Å²) in [7, 11) is 0. The molecule has 0 saturated carbocycles. The molecule has 10 nitrogen and oxygen atoms in total. The molecule has 20 aromatic rings. The maximum atomic E-state index is 5.18. The molecule has 0 aliphatic heterocycles. The standard InChI is InChI=1S/2C45H29N5/c1-4-14-30(15-5-1)37-29-38(31-16-6-2-7-17-31)48-45(47-37)50-40-26-25-32(28-36(40)44-42(50)24-13-27-46-44)34-21-12-23-41-43(34)35-20-10-11-22-39(35)49(41)33-18-8-3-9-19-33;1-4-14-30(15-5-1)43-41(29-47-45(48-43)31-16-6-2-7-17-31)50-38-26-25-32(28-36(38)44-40(50)24-13-27-46-44)34-21-12-23-39-42(34)35-20-10-11-22-37(35)49(39)33-18-8-3-9-19-33/h2*1-29H. The number of fused-ring (bicyclic) bond motifs is 12. The van der Waals surface area contributed by atoms with Crippen molar-refractivity contribution in [1.82, 2.24) is 48.2 Å². The van der Waals surface area contributed by atoms with E-state index in [0.717, 1.165) is 111 Å². The van der Waals surface area contributed by atoms with Crippen molar-refractivity contribution >= 4 is 87.5 Å². The molecule has 0 spiro atoms. The van der Waals surface area contributed by atoms with E-state index in [4.69, 9.17) is 29.9 Å². The Balaban J connectivity index is 0.000000139. The summed E-state index contributed by atoms with van der Waals surface area (Å²) in [5, 5.41) is 7.05. The van der Waals surface area contributed by atoms with Crippen LogP contribution in [0.5, 0.6) is 0 Å². The van der Waals surface area contributed by atoms with E-state index in [0.29, 0.717) is 11.8 Å². The van der Waals surface area contributed by atoms with Crippen molar-refractivity contribution in [2.45, 2.75) is 0 Å². The van der Waals surface area contributed by atoms with Gasteiger partial charge in [-0.05, 0) is 125 Å². The average molecular weight is 1280 g/mol. The van der Waals surface area contributed by atoms with Crippen LogP contribution in [0.2, 0.25) is 0 Å². The molecular weight excluding hydrogens is 1220 g/mol. The van der Waals surface area contributed by atoms with Crippen molar-refractivity contribution in [3.8, 4) is 90.4 Å². The maximum Gasteiger partial charge on any atom is 0.235 e. The number of rotatable bonds is 10. The van der Waals surface area contributed by atoms with Gasteiger partial charge < -0.3 is 13.7 Å². The molecule has 100 heavy (non-hydrogen) atoms. The van der Waals surface area contributed by atoms with Crippen LogP contribution >= 0.6 is 0 Å². The van der Waals surface area contributed by atoms with Crippen LogP contribution in [0.15, 0.2) is 352 Å².